The topological polar surface area (TPSA) is 81.3 Å². The zero-order valence-electron chi connectivity index (χ0n) is 7.06. The summed E-state index contributed by atoms with van der Waals surface area (Å²) < 4.78 is 0. The van der Waals surface area contributed by atoms with Gasteiger partial charge in [0.1, 0.15) is 0 Å². The molecular weight excluding hydrogens is 202 g/mol. The van der Waals surface area contributed by atoms with Crippen LogP contribution in [0.4, 0.5) is 0 Å². The largest absolute Gasteiger partial charge is 0.478 e. The number of carboxylic acids is 1. The Morgan fingerprint density at radius 1 is 1.57 bits per heavy atom. The van der Waals surface area contributed by atoms with Crippen LogP contribution in [-0.4, -0.2) is 16.2 Å². The highest BCUT2D eigenvalue weighted by atomic mass is 32.1. The Hall–Kier alpha value is -1.51. The molecule has 1 rings (SSSR count). The molecule has 0 fully saturated rings. The predicted molar refractivity (Wildman–Crippen MR) is 51.3 cm³/mol. The number of aromatic carboxylic acids is 1. The Balaban J connectivity index is 3.45. The minimum absolute atomic E-state index is 0.0865. The normalized spacial score (nSPS) is 9.50. The SMILES string of the molecule is N#Cc1cc(S)c(CO)c(C(=O)O)c1. The van der Waals surface area contributed by atoms with E-state index in [0.717, 1.165) is 0 Å². The summed E-state index contributed by atoms with van der Waals surface area (Å²) in [6.07, 6.45) is 0. The van der Waals surface area contributed by atoms with Crippen LogP contribution in [0.25, 0.3) is 0 Å². The van der Waals surface area contributed by atoms with Crippen molar-refractivity contribution in [1.29, 1.82) is 5.26 Å². The van der Waals surface area contributed by atoms with Crippen LogP contribution < -0.4 is 0 Å². The van der Waals surface area contributed by atoms with Gasteiger partial charge in [-0.15, -0.1) is 12.6 Å². The maximum Gasteiger partial charge on any atom is 0.336 e. The molecule has 0 saturated heterocycles. The van der Waals surface area contributed by atoms with Crippen LogP contribution in [0.3, 0.4) is 0 Å². The Morgan fingerprint density at radius 3 is 2.64 bits per heavy atom. The zero-order valence-corrected chi connectivity index (χ0v) is 7.95. The van der Waals surface area contributed by atoms with Crippen LogP contribution in [0.2, 0.25) is 0 Å². The van der Waals surface area contributed by atoms with Crippen molar-refractivity contribution < 1.29 is 15.0 Å². The molecule has 0 unspecified atom stereocenters. The molecule has 5 heteroatoms. The van der Waals surface area contributed by atoms with Gasteiger partial charge in [-0.2, -0.15) is 5.26 Å². The molecule has 0 aliphatic heterocycles. The third kappa shape index (κ3) is 1.87. The first-order valence-electron chi connectivity index (χ1n) is 3.70. The number of nitrogens with zero attached hydrogens (tertiary/aromatic N) is 1. The molecule has 0 saturated carbocycles. The maximum absolute atomic E-state index is 10.7. The highest BCUT2D eigenvalue weighted by molar-refractivity contribution is 7.80. The Kier molecular flexibility index (Phi) is 3.12. The van der Waals surface area contributed by atoms with Gasteiger partial charge in [0.05, 0.1) is 23.8 Å². The molecule has 0 bridgehead atoms. The summed E-state index contributed by atoms with van der Waals surface area (Å²) in [5, 5.41) is 26.3. The van der Waals surface area contributed by atoms with Gasteiger partial charge in [-0.25, -0.2) is 4.79 Å². The average Bonchev–Trinajstić information content (AvgIpc) is 2.16. The van der Waals surface area contributed by atoms with Gasteiger partial charge in [0.15, 0.2) is 0 Å². The van der Waals surface area contributed by atoms with E-state index in [1.54, 1.807) is 0 Å². The fraction of sp³-hybridized carbons (Fsp3) is 0.111. The minimum Gasteiger partial charge on any atom is -0.478 e. The van der Waals surface area contributed by atoms with E-state index >= 15 is 0 Å². The second-order valence-electron chi connectivity index (χ2n) is 2.60. The van der Waals surface area contributed by atoms with E-state index in [9.17, 15) is 4.79 Å². The highest BCUT2D eigenvalue weighted by Crippen LogP contribution is 2.21. The van der Waals surface area contributed by atoms with E-state index in [1.165, 1.54) is 12.1 Å². The average molecular weight is 209 g/mol. The van der Waals surface area contributed by atoms with Crippen molar-refractivity contribution in [2.24, 2.45) is 0 Å². The van der Waals surface area contributed by atoms with E-state index in [4.69, 9.17) is 15.5 Å². The number of hydrogen-bond acceptors (Lipinski definition) is 4. The first kappa shape index (κ1) is 10.6. The van der Waals surface area contributed by atoms with Crippen LogP contribution in [0, 0.1) is 11.3 Å². The van der Waals surface area contributed by atoms with Gasteiger partial charge < -0.3 is 10.2 Å². The molecular formula is C9H7NO3S. The molecule has 14 heavy (non-hydrogen) atoms. The number of carboxylic acid groups (broad SMARTS) is 1. The van der Waals surface area contributed by atoms with E-state index < -0.39 is 12.6 Å². The molecule has 4 nitrogen and oxygen atoms in total. The van der Waals surface area contributed by atoms with Crippen molar-refractivity contribution in [3.63, 3.8) is 0 Å². The van der Waals surface area contributed by atoms with E-state index in [-0.39, 0.29) is 16.7 Å². The van der Waals surface area contributed by atoms with Crippen molar-refractivity contribution in [2.45, 2.75) is 11.5 Å². The smallest absolute Gasteiger partial charge is 0.336 e. The molecule has 0 aromatic heterocycles. The molecule has 0 spiro atoms. The molecule has 0 atom stereocenters. The fourth-order valence-electron chi connectivity index (χ4n) is 1.08. The number of rotatable bonds is 2. The number of carbonyl (C=O) groups is 1. The van der Waals surface area contributed by atoms with Gasteiger partial charge in [0.25, 0.3) is 0 Å². The van der Waals surface area contributed by atoms with Crippen molar-refractivity contribution in [3.8, 4) is 6.07 Å². The number of thiol groups is 1. The fourth-order valence-corrected chi connectivity index (χ4v) is 1.41. The van der Waals surface area contributed by atoms with Crippen molar-refractivity contribution in [2.75, 3.05) is 0 Å². The molecule has 0 heterocycles. The molecule has 0 amide bonds. The quantitative estimate of drug-likeness (QED) is 0.635. The van der Waals surface area contributed by atoms with Gasteiger partial charge in [-0.3, -0.25) is 0 Å². The predicted octanol–water partition coefficient (Wildman–Crippen LogP) is 1.04. The number of aliphatic hydroxyl groups excluding tert-OH is 1. The lowest BCUT2D eigenvalue weighted by atomic mass is 10.0. The number of hydrogen-bond donors (Lipinski definition) is 3. The first-order chi connectivity index (χ1) is 6.60. The third-order valence-electron chi connectivity index (χ3n) is 1.74. The second-order valence-corrected chi connectivity index (χ2v) is 3.08. The summed E-state index contributed by atoms with van der Waals surface area (Å²) in [6.45, 7) is -0.411. The lowest BCUT2D eigenvalue weighted by molar-refractivity contribution is 0.0692. The molecule has 0 aliphatic rings. The van der Waals surface area contributed by atoms with Crippen LogP contribution in [0.1, 0.15) is 21.5 Å². The van der Waals surface area contributed by atoms with Gasteiger partial charge in [0, 0.05) is 10.5 Å². The van der Waals surface area contributed by atoms with Crippen molar-refractivity contribution >= 4 is 18.6 Å². The maximum atomic E-state index is 10.7. The molecule has 1 aromatic rings. The number of benzene rings is 1. The monoisotopic (exact) mass is 209 g/mol. The summed E-state index contributed by atoms with van der Waals surface area (Å²) in [7, 11) is 0. The van der Waals surface area contributed by atoms with Crippen molar-refractivity contribution in [1.82, 2.24) is 0 Å². The van der Waals surface area contributed by atoms with Crippen LogP contribution >= 0.6 is 12.6 Å². The lowest BCUT2D eigenvalue weighted by Crippen LogP contribution is -2.04. The van der Waals surface area contributed by atoms with Gasteiger partial charge >= 0.3 is 5.97 Å². The summed E-state index contributed by atoms with van der Waals surface area (Å²) in [4.78, 5) is 11.1. The lowest BCUT2D eigenvalue weighted by Gasteiger charge is -2.06. The third-order valence-corrected chi connectivity index (χ3v) is 2.14. The molecule has 1 aromatic carbocycles. The van der Waals surface area contributed by atoms with Gasteiger partial charge in [0.2, 0.25) is 0 Å². The van der Waals surface area contributed by atoms with Crippen molar-refractivity contribution in [3.05, 3.63) is 28.8 Å². The van der Waals surface area contributed by atoms with Gasteiger partial charge in [-0.05, 0) is 12.1 Å². The van der Waals surface area contributed by atoms with Gasteiger partial charge in [-0.1, -0.05) is 0 Å². The van der Waals surface area contributed by atoms with Crippen LogP contribution in [-0.2, 0) is 6.61 Å². The number of nitriles is 1. The van der Waals surface area contributed by atoms with E-state index in [2.05, 4.69) is 12.6 Å². The van der Waals surface area contributed by atoms with E-state index in [0.29, 0.717) is 4.90 Å². The van der Waals surface area contributed by atoms with E-state index in [1.807, 2.05) is 6.07 Å². The molecule has 0 aliphatic carbocycles. The molecule has 72 valence electrons. The summed E-state index contributed by atoms with van der Waals surface area (Å²) >= 11 is 3.99. The molecule has 0 radical (unpaired) electrons. The number of aliphatic hydroxyl groups is 1. The second kappa shape index (κ2) is 4.13. The zero-order chi connectivity index (χ0) is 10.7. The summed E-state index contributed by atoms with van der Waals surface area (Å²) in [5.74, 6) is -1.18. The molecule has 2 N–H and O–H groups in total. The first-order valence-corrected chi connectivity index (χ1v) is 4.15. The minimum atomic E-state index is -1.18. The Bertz CT molecular complexity index is 423. The van der Waals surface area contributed by atoms with Crippen LogP contribution in [0.5, 0.6) is 0 Å². The standard InChI is InChI=1S/C9H7NO3S/c10-3-5-1-6(9(12)13)7(4-11)8(14)2-5/h1-2,11,14H,4H2,(H,12,13). The van der Waals surface area contributed by atoms with Crippen LogP contribution in [0.15, 0.2) is 17.0 Å². The highest BCUT2D eigenvalue weighted by Gasteiger charge is 2.13. The summed E-state index contributed by atoms with van der Waals surface area (Å²) in [5.41, 5.74) is 0.348. The summed E-state index contributed by atoms with van der Waals surface area (Å²) in [6, 6.07) is 4.45. The Morgan fingerprint density at radius 2 is 2.21 bits per heavy atom. The Labute approximate surface area is 85.8 Å².